The topological polar surface area (TPSA) is 79.5 Å². The summed E-state index contributed by atoms with van der Waals surface area (Å²) in [7, 11) is 0. The molecule has 0 saturated heterocycles. The van der Waals surface area contributed by atoms with Gasteiger partial charge in [-0.1, -0.05) is 41.4 Å². The monoisotopic (exact) mass is 478 g/mol. The zero-order valence-corrected chi connectivity index (χ0v) is 16.5. The number of carbonyl (C=O) groups excluding carboxylic acids is 1. The van der Waals surface area contributed by atoms with Crippen molar-refractivity contribution >= 4 is 64.7 Å². The third-order valence-electron chi connectivity index (χ3n) is 2.91. The summed E-state index contributed by atoms with van der Waals surface area (Å²) in [6.07, 6.45) is 0. The van der Waals surface area contributed by atoms with E-state index < -0.39 is 0 Å². The Morgan fingerprint density at radius 3 is 2.46 bits per heavy atom. The minimum absolute atomic E-state index is 0. The molecule has 0 aromatic heterocycles. The zero-order valence-electron chi connectivity index (χ0n) is 12.6. The maximum Gasteiger partial charge on any atom is 0.251 e. The van der Waals surface area contributed by atoms with E-state index in [1.165, 1.54) is 6.07 Å². The number of carbonyl (C=O) groups is 1. The van der Waals surface area contributed by atoms with Crippen LogP contribution in [0.4, 0.5) is 5.69 Å². The third kappa shape index (κ3) is 6.54. The van der Waals surface area contributed by atoms with Crippen LogP contribution in [0.2, 0.25) is 10.0 Å². The molecule has 0 fully saturated rings. The first-order valence-electron chi connectivity index (χ1n) is 6.91. The average molecular weight is 479 g/mol. The van der Waals surface area contributed by atoms with Gasteiger partial charge in [0.25, 0.3) is 5.91 Å². The number of halogens is 3. The average Bonchev–Trinajstić information content (AvgIpc) is 2.55. The van der Waals surface area contributed by atoms with E-state index in [9.17, 15) is 4.79 Å². The Labute approximate surface area is 167 Å². The molecule has 0 bridgehead atoms. The van der Waals surface area contributed by atoms with Crippen LogP contribution in [0.25, 0.3) is 0 Å². The molecular weight excluding hydrogens is 462 g/mol. The molecule has 0 heterocycles. The standard InChI is InChI=1S/C16H16Cl2N4O.HI/c17-13-7-6-11(10-14(13)18)15(23)20-8-9-21-16(19)22-12-4-2-1-3-5-12;/h1-7,10H,8-9H2,(H,20,23)(H3,19,21,22);1H. The highest BCUT2D eigenvalue weighted by molar-refractivity contribution is 14.0. The first kappa shape index (κ1) is 20.5. The van der Waals surface area contributed by atoms with Crippen LogP contribution in [0.5, 0.6) is 0 Å². The van der Waals surface area contributed by atoms with Crippen molar-refractivity contribution in [3.05, 3.63) is 64.1 Å². The Bertz CT molecular complexity index is 710. The molecule has 0 aliphatic heterocycles. The summed E-state index contributed by atoms with van der Waals surface area (Å²) in [5.41, 5.74) is 7.06. The van der Waals surface area contributed by atoms with Crippen molar-refractivity contribution in [3.8, 4) is 0 Å². The van der Waals surface area contributed by atoms with Crippen LogP contribution >= 0.6 is 47.2 Å². The van der Waals surface area contributed by atoms with Crippen LogP contribution in [-0.2, 0) is 0 Å². The van der Waals surface area contributed by atoms with E-state index in [2.05, 4.69) is 15.6 Å². The fourth-order valence-electron chi connectivity index (χ4n) is 1.79. The molecule has 2 aromatic rings. The number of amides is 1. The van der Waals surface area contributed by atoms with Crippen molar-refractivity contribution in [3.63, 3.8) is 0 Å². The van der Waals surface area contributed by atoms with Crippen LogP contribution in [0, 0.1) is 0 Å². The molecule has 0 atom stereocenters. The third-order valence-corrected chi connectivity index (χ3v) is 3.65. The van der Waals surface area contributed by atoms with Crippen LogP contribution < -0.4 is 16.4 Å². The predicted molar refractivity (Wildman–Crippen MR) is 111 cm³/mol. The molecule has 5 nitrogen and oxygen atoms in total. The van der Waals surface area contributed by atoms with E-state index >= 15 is 0 Å². The van der Waals surface area contributed by atoms with Gasteiger partial charge in [0.05, 0.1) is 16.6 Å². The number of guanidine groups is 1. The fraction of sp³-hybridized carbons (Fsp3) is 0.125. The number of hydrogen-bond acceptors (Lipinski definition) is 2. The minimum Gasteiger partial charge on any atom is -0.370 e. The van der Waals surface area contributed by atoms with Crippen LogP contribution in [0.15, 0.2) is 53.5 Å². The number of aliphatic imine (C=N–C) groups is 1. The lowest BCUT2D eigenvalue weighted by atomic mass is 10.2. The molecular formula is C16H17Cl2IN4O. The van der Waals surface area contributed by atoms with Crippen LogP contribution in [-0.4, -0.2) is 25.0 Å². The van der Waals surface area contributed by atoms with Crippen molar-refractivity contribution in [2.24, 2.45) is 10.7 Å². The second kappa shape index (κ2) is 10.4. The summed E-state index contributed by atoms with van der Waals surface area (Å²) in [5.74, 6) is 0.0494. The van der Waals surface area contributed by atoms with E-state index in [4.69, 9.17) is 28.9 Å². The quantitative estimate of drug-likeness (QED) is 0.265. The van der Waals surface area contributed by atoms with E-state index in [-0.39, 0.29) is 29.9 Å². The minimum atomic E-state index is -0.242. The summed E-state index contributed by atoms with van der Waals surface area (Å²) in [6, 6.07) is 14.2. The zero-order chi connectivity index (χ0) is 16.7. The SMILES string of the molecule is I.NC(=NCCNC(=O)c1ccc(Cl)c(Cl)c1)Nc1ccccc1. The second-order valence-electron chi connectivity index (χ2n) is 4.64. The molecule has 8 heteroatoms. The number of hydrogen-bond donors (Lipinski definition) is 3. The van der Waals surface area contributed by atoms with Gasteiger partial charge in [0.15, 0.2) is 5.96 Å². The van der Waals surface area contributed by atoms with Gasteiger partial charge in [-0.25, -0.2) is 0 Å². The van der Waals surface area contributed by atoms with Crippen molar-refractivity contribution in [2.75, 3.05) is 18.4 Å². The number of anilines is 1. The lowest BCUT2D eigenvalue weighted by Gasteiger charge is -2.06. The summed E-state index contributed by atoms with van der Waals surface area (Å²) in [5, 5.41) is 6.44. The fourth-order valence-corrected chi connectivity index (χ4v) is 2.09. The molecule has 0 saturated carbocycles. The Balaban J connectivity index is 0.00000288. The maximum atomic E-state index is 11.9. The Kier molecular flexibility index (Phi) is 8.88. The number of para-hydroxylation sites is 1. The van der Waals surface area contributed by atoms with Gasteiger partial charge in [-0.15, -0.1) is 24.0 Å². The highest BCUT2D eigenvalue weighted by Gasteiger charge is 2.07. The molecule has 1 amide bonds. The van der Waals surface area contributed by atoms with Crippen LogP contribution in [0.3, 0.4) is 0 Å². The lowest BCUT2D eigenvalue weighted by molar-refractivity contribution is 0.0955. The van der Waals surface area contributed by atoms with Crippen molar-refractivity contribution in [1.82, 2.24) is 5.32 Å². The normalized spacial score (nSPS) is 10.7. The Hall–Kier alpha value is -1.51. The van der Waals surface area contributed by atoms with E-state index in [1.54, 1.807) is 12.1 Å². The van der Waals surface area contributed by atoms with Crippen LogP contribution in [0.1, 0.15) is 10.4 Å². The summed E-state index contributed by atoms with van der Waals surface area (Å²) in [4.78, 5) is 16.1. The maximum absolute atomic E-state index is 11.9. The molecule has 0 spiro atoms. The summed E-state index contributed by atoms with van der Waals surface area (Å²) < 4.78 is 0. The van der Waals surface area contributed by atoms with E-state index in [0.717, 1.165) is 5.69 Å². The molecule has 24 heavy (non-hydrogen) atoms. The van der Waals surface area contributed by atoms with Gasteiger partial charge in [-0.2, -0.15) is 0 Å². The number of benzene rings is 2. The van der Waals surface area contributed by atoms with Gasteiger partial charge in [0.1, 0.15) is 0 Å². The van der Waals surface area contributed by atoms with Crippen molar-refractivity contribution in [1.29, 1.82) is 0 Å². The molecule has 4 N–H and O–H groups in total. The summed E-state index contributed by atoms with van der Waals surface area (Å²) in [6.45, 7) is 0.717. The van der Waals surface area contributed by atoms with Gasteiger partial charge in [0.2, 0.25) is 0 Å². The Morgan fingerprint density at radius 1 is 1.08 bits per heavy atom. The van der Waals surface area contributed by atoms with E-state index in [1.807, 2.05) is 30.3 Å². The molecule has 2 aromatic carbocycles. The van der Waals surface area contributed by atoms with Gasteiger partial charge in [0, 0.05) is 17.8 Å². The number of nitrogens with one attached hydrogen (secondary N) is 2. The lowest BCUT2D eigenvalue weighted by Crippen LogP contribution is -2.28. The predicted octanol–water partition coefficient (Wildman–Crippen LogP) is 3.77. The first-order chi connectivity index (χ1) is 11.1. The highest BCUT2D eigenvalue weighted by Crippen LogP contribution is 2.22. The van der Waals surface area contributed by atoms with Crippen molar-refractivity contribution < 1.29 is 4.79 Å². The molecule has 0 radical (unpaired) electrons. The van der Waals surface area contributed by atoms with Gasteiger partial charge < -0.3 is 16.4 Å². The van der Waals surface area contributed by atoms with Crippen molar-refractivity contribution in [2.45, 2.75) is 0 Å². The number of rotatable bonds is 5. The van der Waals surface area contributed by atoms with Gasteiger partial charge >= 0.3 is 0 Å². The molecule has 0 aliphatic carbocycles. The van der Waals surface area contributed by atoms with E-state index in [0.29, 0.717) is 34.7 Å². The Morgan fingerprint density at radius 2 is 1.79 bits per heavy atom. The van der Waals surface area contributed by atoms with Gasteiger partial charge in [-0.05, 0) is 30.3 Å². The first-order valence-corrected chi connectivity index (χ1v) is 7.67. The molecule has 0 aliphatic rings. The largest absolute Gasteiger partial charge is 0.370 e. The molecule has 0 unspecified atom stereocenters. The van der Waals surface area contributed by atoms with Gasteiger partial charge in [-0.3, -0.25) is 9.79 Å². The number of nitrogens with two attached hydrogens (primary N) is 1. The second-order valence-corrected chi connectivity index (χ2v) is 5.46. The number of nitrogens with zero attached hydrogens (tertiary/aromatic N) is 1. The molecule has 128 valence electrons. The summed E-state index contributed by atoms with van der Waals surface area (Å²) >= 11 is 11.7. The highest BCUT2D eigenvalue weighted by atomic mass is 127. The smallest absolute Gasteiger partial charge is 0.251 e. The molecule has 2 rings (SSSR count).